The second-order valence-corrected chi connectivity index (χ2v) is 6.02. The molecule has 2 aliphatic rings. The number of nitrogens with zero attached hydrogens (tertiary/aromatic N) is 1. The van der Waals surface area contributed by atoms with Gasteiger partial charge in [0.05, 0.1) is 5.56 Å². The maximum Gasteiger partial charge on any atom is 0.335 e. The maximum atomic E-state index is 10.9. The van der Waals surface area contributed by atoms with Gasteiger partial charge in [0, 0.05) is 32.0 Å². The number of aromatic carboxylic acids is 1. The Morgan fingerprint density at radius 1 is 1.24 bits per heavy atom. The van der Waals surface area contributed by atoms with Gasteiger partial charge < -0.3 is 15.6 Å². The van der Waals surface area contributed by atoms with Crippen molar-refractivity contribution in [3.8, 4) is 0 Å². The lowest BCUT2D eigenvalue weighted by Gasteiger charge is -2.38. The van der Waals surface area contributed by atoms with Gasteiger partial charge in [-0.2, -0.15) is 0 Å². The second kappa shape index (κ2) is 10.8. The Hall–Kier alpha value is -1.92. The molecule has 3 N–H and O–H groups in total. The van der Waals surface area contributed by atoms with Crippen LogP contribution in [0.2, 0.25) is 0 Å². The summed E-state index contributed by atoms with van der Waals surface area (Å²) in [5.74, 6) is -1.06. The summed E-state index contributed by atoms with van der Waals surface area (Å²) in [7, 11) is 0. The van der Waals surface area contributed by atoms with Crippen molar-refractivity contribution >= 4 is 11.9 Å². The van der Waals surface area contributed by atoms with Crippen LogP contribution in [-0.4, -0.2) is 53.2 Å². The number of carboxylic acid groups (broad SMARTS) is 1. The number of piperidine rings is 1. The molecular weight excluding hydrogens is 320 g/mol. The zero-order chi connectivity index (χ0) is 18.8. The molecule has 0 bridgehead atoms. The number of carbonyl (C=O) groups excluding carboxylic acids is 1. The van der Waals surface area contributed by atoms with Crippen LogP contribution in [0, 0.1) is 0 Å². The summed E-state index contributed by atoms with van der Waals surface area (Å²) >= 11 is 0. The van der Waals surface area contributed by atoms with Gasteiger partial charge in [0.2, 0.25) is 0 Å². The highest BCUT2D eigenvalue weighted by molar-refractivity contribution is 5.87. The average molecular weight is 350 g/mol. The van der Waals surface area contributed by atoms with Crippen molar-refractivity contribution in [2.24, 2.45) is 5.73 Å². The highest BCUT2D eigenvalue weighted by Gasteiger charge is 2.39. The number of fused-ring (bicyclic) bond motifs is 1. The van der Waals surface area contributed by atoms with Crippen LogP contribution in [0.25, 0.3) is 0 Å². The molecule has 2 unspecified atom stereocenters. The fourth-order valence-electron chi connectivity index (χ4n) is 3.25. The number of carbonyl (C=O) groups is 2. The zero-order valence-corrected chi connectivity index (χ0v) is 15.4. The first-order valence-corrected chi connectivity index (χ1v) is 8.92. The smallest absolute Gasteiger partial charge is 0.335 e. The Morgan fingerprint density at radius 2 is 1.88 bits per heavy atom. The first kappa shape index (κ1) is 21.1. The molecular formula is C19H30N2O4. The minimum atomic E-state index is -0.879. The Balaban J connectivity index is 0.000000246. The quantitative estimate of drug-likeness (QED) is 0.796. The van der Waals surface area contributed by atoms with E-state index in [-0.39, 0.29) is 18.1 Å². The molecule has 3 rings (SSSR count). The number of hydrogen-bond donors (Lipinski definition) is 2. The molecule has 0 saturated carbocycles. The van der Waals surface area contributed by atoms with Crippen molar-refractivity contribution in [1.29, 1.82) is 0 Å². The van der Waals surface area contributed by atoms with Crippen LogP contribution in [0.5, 0.6) is 0 Å². The molecule has 6 nitrogen and oxygen atoms in total. The first-order valence-electron chi connectivity index (χ1n) is 8.92. The summed E-state index contributed by atoms with van der Waals surface area (Å²) in [6.45, 7) is 7.54. The number of carboxylic acids is 1. The third kappa shape index (κ3) is 6.84. The van der Waals surface area contributed by atoms with Crippen LogP contribution in [0.4, 0.5) is 0 Å². The van der Waals surface area contributed by atoms with Crippen molar-refractivity contribution in [2.45, 2.75) is 58.2 Å². The molecule has 2 saturated heterocycles. The molecule has 0 spiro atoms. The molecule has 0 radical (unpaired) electrons. The van der Waals surface area contributed by atoms with Crippen LogP contribution in [-0.2, 0) is 9.53 Å². The Morgan fingerprint density at radius 3 is 2.40 bits per heavy atom. The summed E-state index contributed by atoms with van der Waals surface area (Å²) in [6.07, 6.45) is 3.19. The van der Waals surface area contributed by atoms with Gasteiger partial charge in [0.25, 0.3) is 0 Å². The van der Waals surface area contributed by atoms with E-state index in [0.717, 1.165) is 25.9 Å². The van der Waals surface area contributed by atoms with Gasteiger partial charge >= 0.3 is 11.9 Å². The Kier molecular flexibility index (Phi) is 9.16. The van der Waals surface area contributed by atoms with E-state index in [4.69, 9.17) is 15.6 Å². The second-order valence-electron chi connectivity index (χ2n) is 6.02. The van der Waals surface area contributed by atoms with Gasteiger partial charge in [0.15, 0.2) is 0 Å². The lowest BCUT2D eigenvalue weighted by atomic mass is 9.96. The van der Waals surface area contributed by atoms with E-state index in [1.165, 1.54) is 13.3 Å². The third-order valence-electron chi connectivity index (χ3n) is 4.19. The SMILES string of the molecule is CC.CC(=O)OC1C[C@@H](N)CN2CCCC12.O=C(O)c1ccccc1. The number of rotatable bonds is 2. The zero-order valence-electron chi connectivity index (χ0n) is 15.4. The monoisotopic (exact) mass is 350 g/mol. The van der Waals surface area contributed by atoms with E-state index in [9.17, 15) is 9.59 Å². The third-order valence-corrected chi connectivity index (χ3v) is 4.19. The number of benzene rings is 1. The van der Waals surface area contributed by atoms with Crippen molar-refractivity contribution in [3.63, 3.8) is 0 Å². The van der Waals surface area contributed by atoms with Crippen molar-refractivity contribution in [2.75, 3.05) is 13.1 Å². The molecule has 2 heterocycles. The molecule has 25 heavy (non-hydrogen) atoms. The van der Waals surface area contributed by atoms with Crippen molar-refractivity contribution < 1.29 is 19.4 Å². The van der Waals surface area contributed by atoms with Crippen molar-refractivity contribution in [1.82, 2.24) is 4.90 Å². The molecule has 0 aliphatic carbocycles. The summed E-state index contributed by atoms with van der Waals surface area (Å²) in [4.78, 5) is 23.5. The van der Waals surface area contributed by atoms with E-state index < -0.39 is 5.97 Å². The van der Waals surface area contributed by atoms with Gasteiger partial charge in [-0.3, -0.25) is 9.69 Å². The van der Waals surface area contributed by atoms with Gasteiger partial charge in [-0.05, 0) is 31.5 Å². The average Bonchev–Trinajstić information content (AvgIpc) is 3.06. The highest BCUT2D eigenvalue weighted by atomic mass is 16.5. The van der Waals surface area contributed by atoms with Crippen LogP contribution >= 0.6 is 0 Å². The minimum absolute atomic E-state index is 0.0266. The van der Waals surface area contributed by atoms with Crippen LogP contribution in [0.15, 0.2) is 30.3 Å². The summed E-state index contributed by atoms with van der Waals surface area (Å²) in [6, 6.07) is 8.89. The fraction of sp³-hybridized carbons (Fsp3) is 0.579. The number of ether oxygens (including phenoxy) is 1. The topological polar surface area (TPSA) is 92.9 Å². The molecule has 1 aromatic carbocycles. The molecule has 6 heteroatoms. The molecule has 140 valence electrons. The van der Waals surface area contributed by atoms with Gasteiger partial charge in [0.1, 0.15) is 6.10 Å². The maximum absolute atomic E-state index is 10.9. The van der Waals surface area contributed by atoms with E-state index in [0.29, 0.717) is 11.6 Å². The first-order chi connectivity index (χ1) is 12.0. The van der Waals surface area contributed by atoms with E-state index >= 15 is 0 Å². The standard InChI is InChI=1S/C10H18N2O2.C7H6O2.C2H6/c1-7(13)14-10-5-8(11)6-12-4-2-3-9(10)12;8-7(9)6-4-2-1-3-5-6;1-2/h8-10H,2-6,11H2,1H3;1-5H,(H,8,9);1-2H3/t8-,9?,10?;;/m1../s1. The fourth-order valence-corrected chi connectivity index (χ4v) is 3.25. The lowest BCUT2D eigenvalue weighted by molar-refractivity contribution is -0.151. The van der Waals surface area contributed by atoms with Gasteiger partial charge in [-0.15, -0.1) is 0 Å². The highest BCUT2D eigenvalue weighted by Crippen LogP contribution is 2.28. The van der Waals surface area contributed by atoms with E-state index in [2.05, 4.69) is 4.90 Å². The normalized spacial score (nSPS) is 24.7. The summed E-state index contributed by atoms with van der Waals surface area (Å²) in [5.41, 5.74) is 6.25. The minimum Gasteiger partial charge on any atom is -0.478 e. The van der Waals surface area contributed by atoms with Crippen LogP contribution in [0.3, 0.4) is 0 Å². The van der Waals surface area contributed by atoms with Gasteiger partial charge in [-0.25, -0.2) is 4.79 Å². The summed E-state index contributed by atoms with van der Waals surface area (Å²) in [5, 5.41) is 8.38. The number of esters is 1. The molecule has 1 aromatic rings. The molecule has 0 aromatic heterocycles. The number of hydrogen-bond acceptors (Lipinski definition) is 5. The predicted octanol–water partition coefficient (Wildman–Crippen LogP) is 2.52. The predicted molar refractivity (Wildman–Crippen MR) is 97.5 cm³/mol. The van der Waals surface area contributed by atoms with Crippen LogP contribution < -0.4 is 5.73 Å². The summed E-state index contributed by atoms with van der Waals surface area (Å²) < 4.78 is 5.31. The Labute approximate surface area is 150 Å². The van der Waals surface area contributed by atoms with E-state index in [1.54, 1.807) is 30.3 Å². The number of nitrogens with two attached hydrogens (primary N) is 1. The molecule has 0 amide bonds. The molecule has 3 atom stereocenters. The molecule has 2 aliphatic heterocycles. The lowest BCUT2D eigenvalue weighted by Crippen LogP contribution is -2.54. The van der Waals surface area contributed by atoms with Crippen molar-refractivity contribution in [3.05, 3.63) is 35.9 Å². The van der Waals surface area contributed by atoms with Gasteiger partial charge in [-0.1, -0.05) is 32.0 Å². The van der Waals surface area contributed by atoms with E-state index in [1.807, 2.05) is 13.8 Å². The molecule has 2 fully saturated rings. The Bertz CT molecular complexity index is 535. The van der Waals surface area contributed by atoms with Crippen LogP contribution in [0.1, 0.15) is 50.4 Å². The largest absolute Gasteiger partial charge is 0.478 e.